The largest absolute Gasteiger partial charge is 0.478 e. The van der Waals surface area contributed by atoms with Crippen LogP contribution in [0.5, 0.6) is 0 Å². The molecule has 1 aliphatic heterocycles. The highest BCUT2D eigenvalue weighted by molar-refractivity contribution is 6.05. The predicted molar refractivity (Wildman–Crippen MR) is 110 cm³/mol. The van der Waals surface area contributed by atoms with E-state index in [0.29, 0.717) is 11.4 Å². The Morgan fingerprint density at radius 1 is 1.07 bits per heavy atom. The highest BCUT2D eigenvalue weighted by Crippen LogP contribution is 2.42. The topological polar surface area (TPSA) is 143 Å². The number of hydrogen-bond acceptors (Lipinski definition) is 7. The predicted octanol–water partition coefficient (Wildman–Crippen LogP) is 2.48. The van der Waals surface area contributed by atoms with Crippen LogP contribution in [0.15, 0.2) is 41.5 Å². The summed E-state index contributed by atoms with van der Waals surface area (Å²) in [5, 5.41) is 24.1. The molecule has 9 nitrogen and oxygen atoms in total. The first-order valence-corrected chi connectivity index (χ1v) is 9.12. The maximum Gasteiger partial charge on any atom is 0.336 e. The number of rotatable bonds is 7. The second kappa shape index (κ2) is 7.54. The molecule has 2 aromatic carbocycles. The van der Waals surface area contributed by atoms with Gasteiger partial charge in [0.2, 0.25) is 5.79 Å². The molecule has 2 unspecified atom stereocenters. The number of aliphatic hydroxyl groups is 1. The van der Waals surface area contributed by atoms with Crippen LogP contribution in [0.3, 0.4) is 0 Å². The maximum atomic E-state index is 12.0. The first-order chi connectivity index (χ1) is 14.0. The molecule has 2 aromatic rings. The molecule has 0 aromatic heterocycles. The molecular weight excluding hydrogens is 390 g/mol. The van der Waals surface area contributed by atoms with E-state index in [1.165, 1.54) is 50.4 Å². The molecule has 1 aliphatic rings. The number of nitrogens with zero attached hydrogens (tertiary/aromatic N) is 2. The van der Waals surface area contributed by atoms with Crippen molar-refractivity contribution in [3.63, 3.8) is 0 Å². The molecule has 30 heavy (non-hydrogen) atoms. The van der Waals surface area contributed by atoms with E-state index in [2.05, 4.69) is 5.10 Å². The van der Waals surface area contributed by atoms with Gasteiger partial charge in [-0.2, -0.15) is 0 Å². The number of carbonyl (C=O) groups is 3. The normalized spacial score (nSPS) is 20.0. The minimum absolute atomic E-state index is 0.0102. The van der Waals surface area contributed by atoms with Crippen molar-refractivity contribution in [1.82, 2.24) is 4.70 Å². The second-order valence-corrected chi connectivity index (χ2v) is 7.01. The van der Waals surface area contributed by atoms with Gasteiger partial charge in [-0.1, -0.05) is 9.80 Å². The third-order valence-electron chi connectivity index (χ3n) is 4.92. The van der Waals surface area contributed by atoms with Gasteiger partial charge in [-0.15, -0.1) is 5.84 Å². The number of Topliss-reactive ketones (excluding diaryl/α,β-unsaturated/α-hetero) is 2. The summed E-state index contributed by atoms with van der Waals surface area (Å²) in [6, 6.07) is 8.76. The van der Waals surface area contributed by atoms with Crippen LogP contribution >= 0.6 is 0 Å². The van der Waals surface area contributed by atoms with Crippen LogP contribution in [0.1, 0.15) is 57.4 Å². The van der Waals surface area contributed by atoms with Gasteiger partial charge >= 0.3 is 5.97 Å². The van der Waals surface area contributed by atoms with Gasteiger partial charge < -0.3 is 14.9 Å². The van der Waals surface area contributed by atoms with Gasteiger partial charge in [0.1, 0.15) is 6.61 Å². The second-order valence-electron chi connectivity index (χ2n) is 7.01. The Bertz CT molecular complexity index is 1090. The van der Waals surface area contributed by atoms with Gasteiger partial charge in [0.15, 0.2) is 22.9 Å². The number of benzene rings is 2. The lowest BCUT2D eigenvalue weighted by Crippen LogP contribution is -2.46. The van der Waals surface area contributed by atoms with Crippen LogP contribution in [-0.2, 0) is 10.5 Å². The Labute approximate surface area is 172 Å². The van der Waals surface area contributed by atoms with Crippen molar-refractivity contribution < 1.29 is 29.3 Å². The number of epoxide rings is 1. The van der Waals surface area contributed by atoms with E-state index in [4.69, 9.17) is 10.6 Å². The highest BCUT2D eigenvalue weighted by atomic mass is 16.7. The lowest BCUT2D eigenvalue weighted by atomic mass is 9.98. The van der Waals surface area contributed by atoms with Crippen LogP contribution in [0.25, 0.3) is 0 Å². The molecule has 0 saturated carbocycles. The maximum absolute atomic E-state index is 12.0. The minimum Gasteiger partial charge on any atom is -0.478 e. The lowest BCUT2D eigenvalue weighted by molar-refractivity contribution is 0.0324. The molecule has 0 amide bonds. The number of carboxylic acid groups (broad SMARTS) is 1. The molecule has 1 heterocycles. The summed E-state index contributed by atoms with van der Waals surface area (Å²) in [6.07, 6.45) is 1.46. The first-order valence-electron chi connectivity index (χ1n) is 9.12. The Balaban J connectivity index is 2.23. The standard InChI is InChI=1S/C21H21N3O6/c1-4-23-24(22,14-6-8-17(20(27)28)18(9-14)13(3)26)15-5-7-16(12(2)25)19(10-15)21(29)11-30-21/h4-10,29H,11,22H2,1-3H3/p+1/b23-4-. The fourth-order valence-electron chi connectivity index (χ4n) is 3.28. The number of carboxylic acids is 1. The average Bonchev–Trinajstić information content (AvgIpc) is 3.45. The van der Waals surface area contributed by atoms with Crippen molar-refractivity contribution >= 4 is 35.1 Å². The molecule has 4 N–H and O–H groups in total. The fourth-order valence-corrected chi connectivity index (χ4v) is 3.28. The summed E-state index contributed by atoms with van der Waals surface area (Å²) in [5.74, 6) is 3.08. The molecule has 0 aliphatic carbocycles. The quantitative estimate of drug-likeness (QED) is 0.158. The summed E-state index contributed by atoms with van der Waals surface area (Å²) in [5.41, 5.74) is 1.08. The molecule has 0 spiro atoms. The monoisotopic (exact) mass is 412 g/mol. The van der Waals surface area contributed by atoms with Crippen LogP contribution in [-0.4, -0.2) is 40.6 Å². The van der Waals surface area contributed by atoms with Crippen molar-refractivity contribution in [2.45, 2.75) is 26.6 Å². The van der Waals surface area contributed by atoms with Gasteiger partial charge in [-0.05, 0) is 32.9 Å². The lowest BCUT2D eigenvalue weighted by Gasteiger charge is -2.26. The van der Waals surface area contributed by atoms with Gasteiger partial charge in [0, 0.05) is 41.0 Å². The highest BCUT2D eigenvalue weighted by Gasteiger charge is 2.48. The van der Waals surface area contributed by atoms with E-state index >= 15 is 0 Å². The Morgan fingerprint density at radius 2 is 1.60 bits per heavy atom. The molecule has 0 radical (unpaired) electrons. The molecular formula is C21H22N3O6+. The van der Waals surface area contributed by atoms with Crippen LogP contribution < -0.4 is 10.5 Å². The van der Waals surface area contributed by atoms with Crippen molar-refractivity contribution in [3.8, 4) is 0 Å². The zero-order valence-electron chi connectivity index (χ0n) is 16.7. The van der Waals surface area contributed by atoms with Crippen molar-refractivity contribution in [2.24, 2.45) is 10.9 Å². The average molecular weight is 412 g/mol. The van der Waals surface area contributed by atoms with E-state index in [9.17, 15) is 24.6 Å². The van der Waals surface area contributed by atoms with Crippen LogP contribution in [0.2, 0.25) is 0 Å². The number of ketones is 2. The molecule has 1 saturated heterocycles. The summed E-state index contributed by atoms with van der Waals surface area (Å²) < 4.78 is 4.44. The van der Waals surface area contributed by atoms with Crippen LogP contribution in [0, 0.1) is 0 Å². The first kappa shape index (κ1) is 21.5. The molecule has 9 heteroatoms. The molecule has 3 rings (SSSR count). The number of aromatic carboxylic acids is 1. The third-order valence-corrected chi connectivity index (χ3v) is 4.92. The summed E-state index contributed by atoms with van der Waals surface area (Å²) in [4.78, 5) is 35.5. The number of carbonyl (C=O) groups excluding carboxylic acids is 2. The summed E-state index contributed by atoms with van der Waals surface area (Å²) in [6.45, 7) is 4.34. The Morgan fingerprint density at radius 3 is 2.07 bits per heavy atom. The van der Waals surface area contributed by atoms with Gasteiger partial charge in [-0.25, -0.2) is 4.79 Å². The SMILES string of the molecule is C/C=N\[N+](N)(c1ccc(C(=O)O)c(C(C)=O)c1)c1ccc(C(C)=O)c(C2(O)CO2)c1. The smallest absolute Gasteiger partial charge is 0.336 e. The fraction of sp³-hybridized carbons (Fsp3) is 0.238. The number of hydrogen-bond donors (Lipinski definition) is 3. The number of nitrogens with two attached hydrogens (primary N) is 1. The Kier molecular flexibility index (Phi) is 5.40. The van der Waals surface area contributed by atoms with E-state index in [1.54, 1.807) is 13.0 Å². The third kappa shape index (κ3) is 3.66. The van der Waals surface area contributed by atoms with Gasteiger partial charge in [0.25, 0.3) is 0 Å². The van der Waals surface area contributed by atoms with Crippen molar-refractivity contribution in [3.05, 3.63) is 58.7 Å². The van der Waals surface area contributed by atoms with Gasteiger partial charge in [0.05, 0.1) is 11.8 Å². The minimum atomic E-state index is -1.57. The van der Waals surface area contributed by atoms with E-state index in [1.807, 2.05) is 0 Å². The van der Waals surface area contributed by atoms with Crippen molar-refractivity contribution in [1.29, 1.82) is 0 Å². The van der Waals surface area contributed by atoms with Crippen LogP contribution in [0.4, 0.5) is 11.4 Å². The zero-order chi connectivity index (χ0) is 22.3. The summed E-state index contributed by atoms with van der Waals surface area (Å²) >= 11 is 0. The number of ether oxygens (including phenoxy) is 1. The summed E-state index contributed by atoms with van der Waals surface area (Å²) in [7, 11) is 0. The molecule has 2 atom stereocenters. The molecule has 0 bridgehead atoms. The van der Waals surface area contributed by atoms with Gasteiger partial charge in [-0.3, -0.25) is 9.59 Å². The molecule has 1 fully saturated rings. The zero-order valence-corrected chi connectivity index (χ0v) is 16.7. The number of quaternary nitrogens is 1. The molecule has 156 valence electrons. The van der Waals surface area contributed by atoms with E-state index < -0.39 is 22.2 Å². The Hall–Kier alpha value is -3.24. The van der Waals surface area contributed by atoms with E-state index in [0.717, 1.165) is 0 Å². The van der Waals surface area contributed by atoms with Crippen molar-refractivity contribution in [2.75, 3.05) is 6.61 Å². The van der Waals surface area contributed by atoms with E-state index in [-0.39, 0.29) is 34.6 Å².